The highest BCUT2D eigenvalue weighted by atomic mass is 19.4. The van der Waals surface area contributed by atoms with Crippen molar-refractivity contribution >= 4 is 12.0 Å². The SMILES string of the molecule is CC(C)(C)c1cccc(/C=C(\CC(F)(F)F)C(=O)O)c1. The largest absolute Gasteiger partial charge is 0.478 e. The summed E-state index contributed by atoms with van der Waals surface area (Å²) in [6.45, 7) is 5.93. The zero-order chi connectivity index (χ0) is 15.6. The van der Waals surface area contributed by atoms with Gasteiger partial charge in [0.1, 0.15) is 0 Å². The van der Waals surface area contributed by atoms with E-state index in [-0.39, 0.29) is 5.41 Å². The van der Waals surface area contributed by atoms with Gasteiger partial charge in [-0.25, -0.2) is 4.79 Å². The summed E-state index contributed by atoms with van der Waals surface area (Å²) in [5.74, 6) is -1.55. The molecular formula is C15H17F3O2. The molecule has 5 heteroatoms. The molecule has 0 saturated heterocycles. The maximum atomic E-state index is 12.3. The van der Waals surface area contributed by atoms with Crippen LogP contribution in [0.4, 0.5) is 13.2 Å². The van der Waals surface area contributed by atoms with Crippen LogP contribution in [0.3, 0.4) is 0 Å². The number of carboxylic acid groups (broad SMARTS) is 1. The smallest absolute Gasteiger partial charge is 0.393 e. The molecule has 0 bridgehead atoms. The Labute approximate surface area is 115 Å². The predicted octanol–water partition coefficient (Wildman–Crippen LogP) is 4.40. The first kappa shape index (κ1) is 16.3. The normalized spacial score (nSPS) is 13.4. The lowest BCUT2D eigenvalue weighted by Gasteiger charge is -2.19. The molecule has 0 aliphatic carbocycles. The van der Waals surface area contributed by atoms with E-state index in [1.165, 1.54) is 0 Å². The van der Waals surface area contributed by atoms with E-state index >= 15 is 0 Å². The summed E-state index contributed by atoms with van der Waals surface area (Å²) in [7, 11) is 0. The fourth-order valence-electron chi connectivity index (χ4n) is 1.70. The van der Waals surface area contributed by atoms with Crippen LogP contribution in [-0.2, 0) is 10.2 Å². The zero-order valence-corrected chi connectivity index (χ0v) is 11.6. The monoisotopic (exact) mass is 286 g/mol. The van der Waals surface area contributed by atoms with Crippen molar-refractivity contribution in [2.75, 3.05) is 0 Å². The number of benzene rings is 1. The summed E-state index contributed by atoms with van der Waals surface area (Å²) >= 11 is 0. The standard InChI is InChI=1S/C15H17F3O2/c1-14(2,3)12-6-4-5-10(8-12)7-11(13(19)20)9-15(16,17)18/h4-8H,9H2,1-3H3,(H,19,20)/b11-7+. The lowest BCUT2D eigenvalue weighted by Crippen LogP contribution is -2.14. The Bertz CT molecular complexity index is 523. The molecule has 1 N–H and O–H groups in total. The molecule has 0 fully saturated rings. The van der Waals surface area contributed by atoms with Gasteiger partial charge in [0.2, 0.25) is 0 Å². The van der Waals surface area contributed by atoms with Crippen LogP contribution in [0.15, 0.2) is 29.8 Å². The van der Waals surface area contributed by atoms with Gasteiger partial charge in [-0.05, 0) is 22.6 Å². The second-order valence-electron chi connectivity index (χ2n) is 5.64. The number of halogens is 3. The molecular weight excluding hydrogens is 269 g/mol. The fourth-order valence-corrected chi connectivity index (χ4v) is 1.70. The molecule has 0 heterocycles. The van der Waals surface area contributed by atoms with Gasteiger partial charge in [-0.1, -0.05) is 45.0 Å². The highest BCUT2D eigenvalue weighted by Gasteiger charge is 2.31. The molecule has 1 aromatic carbocycles. The lowest BCUT2D eigenvalue weighted by molar-refractivity contribution is -0.142. The van der Waals surface area contributed by atoms with Crippen LogP contribution in [0.25, 0.3) is 6.08 Å². The predicted molar refractivity (Wildman–Crippen MR) is 71.4 cm³/mol. The van der Waals surface area contributed by atoms with Crippen LogP contribution in [0, 0.1) is 0 Å². The van der Waals surface area contributed by atoms with Crippen molar-refractivity contribution in [2.45, 2.75) is 38.8 Å². The Balaban J connectivity index is 3.15. The number of alkyl halides is 3. The molecule has 1 aromatic rings. The third-order valence-corrected chi connectivity index (χ3v) is 2.76. The maximum Gasteiger partial charge on any atom is 0.393 e. The first-order valence-corrected chi connectivity index (χ1v) is 6.10. The molecule has 0 aromatic heterocycles. The van der Waals surface area contributed by atoms with Crippen molar-refractivity contribution in [1.82, 2.24) is 0 Å². The van der Waals surface area contributed by atoms with Gasteiger partial charge in [-0.15, -0.1) is 0 Å². The Morgan fingerprint density at radius 1 is 1.25 bits per heavy atom. The van der Waals surface area contributed by atoms with E-state index in [2.05, 4.69) is 0 Å². The van der Waals surface area contributed by atoms with Crippen LogP contribution in [0.5, 0.6) is 0 Å². The number of carboxylic acids is 1. The first-order valence-electron chi connectivity index (χ1n) is 6.10. The summed E-state index contributed by atoms with van der Waals surface area (Å²) in [5, 5.41) is 8.86. The van der Waals surface area contributed by atoms with Crippen LogP contribution in [0.2, 0.25) is 0 Å². The molecule has 20 heavy (non-hydrogen) atoms. The summed E-state index contributed by atoms with van der Waals surface area (Å²) in [6.07, 6.45) is -4.90. The van der Waals surface area contributed by atoms with Gasteiger partial charge in [-0.2, -0.15) is 13.2 Å². The van der Waals surface area contributed by atoms with Crippen LogP contribution < -0.4 is 0 Å². The first-order chi connectivity index (χ1) is 8.99. The zero-order valence-electron chi connectivity index (χ0n) is 11.6. The second-order valence-corrected chi connectivity index (χ2v) is 5.64. The van der Waals surface area contributed by atoms with Crippen molar-refractivity contribution in [1.29, 1.82) is 0 Å². The third-order valence-electron chi connectivity index (χ3n) is 2.76. The molecule has 110 valence electrons. The van der Waals surface area contributed by atoms with Crippen molar-refractivity contribution in [3.05, 3.63) is 41.0 Å². The molecule has 0 amide bonds. The van der Waals surface area contributed by atoms with E-state index in [9.17, 15) is 18.0 Å². The molecule has 0 atom stereocenters. The van der Waals surface area contributed by atoms with Gasteiger partial charge in [-0.3, -0.25) is 0 Å². The molecule has 0 radical (unpaired) electrons. The third kappa shape index (κ3) is 5.07. The van der Waals surface area contributed by atoms with Gasteiger partial charge in [0, 0.05) is 5.57 Å². The minimum Gasteiger partial charge on any atom is -0.478 e. The second kappa shape index (κ2) is 5.69. The highest BCUT2D eigenvalue weighted by molar-refractivity contribution is 5.92. The van der Waals surface area contributed by atoms with E-state index in [0.717, 1.165) is 11.6 Å². The number of hydrogen-bond acceptors (Lipinski definition) is 1. The summed E-state index contributed by atoms with van der Waals surface area (Å²) in [5.41, 5.74) is 0.572. The van der Waals surface area contributed by atoms with Crippen molar-refractivity contribution in [3.8, 4) is 0 Å². The minimum atomic E-state index is -4.54. The molecule has 1 rings (SSSR count). The van der Waals surface area contributed by atoms with E-state index in [1.54, 1.807) is 18.2 Å². The van der Waals surface area contributed by atoms with E-state index < -0.39 is 24.1 Å². The van der Waals surface area contributed by atoms with E-state index in [0.29, 0.717) is 5.56 Å². The molecule has 0 spiro atoms. The number of rotatable bonds is 3. The minimum absolute atomic E-state index is 0.155. The number of aliphatic carboxylic acids is 1. The highest BCUT2D eigenvalue weighted by Crippen LogP contribution is 2.27. The summed E-state index contributed by atoms with van der Waals surface area (Å²) in [6, 6.07) is 6.87. The molecule has 0 aliphatic rings. The van der Waals surface area contributed by atoms with Gasteiger partial charge in [0.05, 0.1) is 6.42 Å². The molecule has 0 aliphatic heterocycles. The molecule has 0 unspecified atom stereocenters. The van der Waals surface area contributed by atoms with Gasteiger partial charge < -0.3 is 5.11 Å². The average molecular weight is 286 g/mol. The van der Waals surface area contributed by atoms with Crippen LogP contribution in [-0.4, -0.2) is 17.3 Å². The summed E-state index contributed by atoms with van der Waals surface area (Å²) < 4.78 is 37.0. The van der Waals surface area contributed by atoms with Crippen molar-refractivity contribution in [2.24, 2.45) is 0 Å². The number of carbonyl (C=O) groups is 1. The van der Waals surface area contributed by atoms with Gasteiger partial charge >= 0.3 is 12.1 Å². The van der Waals surface area contributed by atoms with Gasteiger partial charge in [0.15, 0.2) is 0 Å². The average Bonchev–Trinajstić information content (AvgIpc) is 2.25. The quantitative estimate of drug-likeness (QED) is 0.836. The van der Waals surface area contributed by atoms with E-state index in [1.807, 2.05) is 26.8 Å². The Morgan fingerprint density at radius 2 is 1.85 bits per heavy atom. The lowest BCUT2D eigenvalue weighted by atomic mass is 9.86. The molecule has 0 saturated carbocycles. The Hall–Kier alpha value is -1.78. The maximum absolute atomic E-state index is 12.3. The van der Waals surface area contributed by atoms with Crippen molar-refractivity contribution < 1.29 is 23.1 Å². The topological polar surface area (TPSA) is 37.3 Å². The number of hydrogen-bond donors (Lipinski definition) is 1. The Morgan fingerprint density at radius 3 is 2.30 bits per heavy atom. The van der Waals surface area contributed by atoms with Crippen LogP contribution >= 0.6 is 0 Å². The summed E-state index contributed by atoms with van der Waals surface area (Å²) in [4.78, 5) is 10.9. The fraction of sp³-hybridized carbons (Fsp3) is 0.400. The van der Waals surface area contributed by atoms with Gasteiger partial charge in [0.25, 0.3) is 0 Å². The van der Waals surface area contributed by atoms with Crippen molar-refractivity contribution in [3.63, 3.8) is 0 Å². The van der Waals surface area contributed by atoms with Crippen LogP contribution in [0.1, 0.15) is 38.3 Å². The Kier molecular flexibility index (Phi) is 4.63. The molecule has 2 nitrogen and oxygen atoms in total. The van der Waals surface area contributed by atoms with E-state index in [4.69, 9.17) is 5.11 Å².